The molecule has 1 amide bonds. The Balaban J connectivity index is 1.90. The van der Waals surface area contributed by atoms with Crippen molar-refractivity contribution < 1.29 is 17.9 Å². The number of halogens is 1. The molecule has 25 heavy (non-hydrogen) atoms. The van der Waals surface area contributed by atoms with Gasteiger partial charge in [-0.25, -0.2) is 13.1 Å². The Morgan fingerprint density at radius 3 is 2.56 bits per heavy atom. The average Bonchev–Trinajstić information content (AvgIpc) is 2.81. The molecule has 1 fully saturated rings. The molecule has 1 aliphatic heterocycles. The topological polar surface area (TPSA) is 75.7 Å². The van der Waals surface area contributed by atoms with Crippen molar-refractivity contribution in [2.75, 3.05) is 18.1 Å². The van der Waals surface area contributed by atoms with E-state index in [1.165, 1.54) is 19.1 Å². The zero-order valence-electron chi connectivity index (χ0n) is 14.3. The number of rotatable bonds is 3. The van der Waals surface area contributed by atoms with Crippen molar-refractivity contribution in [1.82, 2.24) is 4.72 Å². The molecular weight excluding hydrogens is 364 g/mol. The Kier molecular flexibility index (Phi) is 5.55. The fourth-order valence-corrected chi connectivity index (χ4v) is 5.27. The van der Waals surface area contributed by atoms with E-state index in [0.717, 1.165) is 38.5 Å². The summed E-state index contributed by atoms with van der Waals surface area (Å²) in [6.45, 7) is 2.20. The van der Waals surface area contributed by atoms with Crippen molar-refractivity contribution in [3.05, 3.63) is 17.2 Å². The van der Waals surface area contributed by atoms with Crippen LogP contribution in [0.5, 0.6) is 5.75 Å². The first-order valence-corrected chi connectivity index (χ1v) is 10.5. The zero-order valence-corrected chi connectivity index (χ0v) is 15.8. The summed E-state index contributed by atoms with van der Waals surface area (Å²) in [5, 5.41) is 0.0941. The molecule has 3 rings (SSSR count). The van der Waals surface area contributed by atoms with Gasteiger partial charge in [0.2, 0.25) is 15.9 Å². The van der Waals surface area contributed by atoms with E-state index in [1.54, 1.807) is 4.90 Å². The van der Waals surface area contributed by atoms with Gasteiger partial charge in [-0.3, -0.25) is 4.79 Å². The molecule has 1 aromatic rings. The fourth-order valence-electron chi connectivity index (χ4n) is 3.43. The van der Waals surface area contributed by atoms with Crippen LogP contribution >= 0.6 is 11.6 Å². The third-order valence-corrected chi connectivity index (χ3v) is 6.71. The largest absolute Gasteiger partial charge is 0.489 e. The highest BCUT2D eigenvalue weighted by Crippen LogP contribution is 2.38. The lowest BCUT2D eigenvalue weighted by Gasteiger charge is -2.29. The van der Waals surface area contributed by atoms with Crippen LogP contribution in [-0.4, -0.2) is 33.5 Å². The lowest BCUT2D eigenvalue weighted by Crippen LogP contribution is -2.37. The second-order valence-corrected chi connectivity index (χ2v) is 8.67. The van der Waals surface area contributed by atoms with Crippen LogP contribution in [0, 0.1) is 0 Å². The van der Waals surface area contributed by atoms with Crippen molar-refractivity contribution in [2.24, 2.45) is 0 Å². The minimum Gasteiger partial charge on any atom is -0.489 e. The lowest BCUT2D eigenvalue weighted by molar-refractivity contribution is -0.116. The van der Waals surface area contributed by atoms with Gasteiger partial charge in [0.15, 0.2) is 0 Å². The van der Waals surface area contributed by atoms with Crippen LogP contribution < -0.4 is 14.4 Å². The molecular formula is C17H23ClN2O4S. The van der Waals surface area contributed by atoms with E-state index in [-0.39, 0.29) is 21.9 Å². The van der Waals surface area contributed by atoms with Gasteiger partial charge in [0.25, 0.3) is 0 Å². The summed E-state index contributed by atoms with van der Waals surface area (Å²) in [5.74, 6) is 0.236. The quantitative estimate of drug-likeness (QED) is 0.810. The SMILES string of the molecule is CC(=O)N1CCOc2cc(S(=O)(=O)NC3CCCCCC3)c(Cl)cc21. The predicted molar refractivity (Wildman–Crippen MR) is 96.8 cm³/mol. The molecule has 0 atom stereocenters. The molecule has 0 aromatic heterocycles. The third kappa shape index (κ3) is 4.10. The maximum absolute atomic E-state index is 12.8. The molecule has 0 bridgehead atoms. The van der Waals surface area contributed by atoms with Crippen LogP contribution in [0.25, 0.3) is 0 Å². The van der Waals surface area contributed by atoms with E-state index >= 15 is 0 Å². The fraction of sp³-hybridized carbons (Fsp3) is 0.588. The molecule has 1 aliphatic carbocycles. The van der Waals surface area contributed by atoms with Crippen molar-refractivity contribution in [2.45, 2.75) is 56.4 Å². The second kappa shape index (κ2) is 7.51. The zero-order chi connectivity index (χ0) is 18.0. The molecule has 138 valence electrons. The van der Waals surface area contributed by atoms with Gasteiger partial charge in [-0.2, -0.15) is 0 Å². The number of anilines is 1. The second-order valence-electron chi connectivity index (χ2n) is 6.58. The highest BCUT2D eigenvalue weighted by molar-refractivity contribution is 7.89. The molecule has 0 saturated heterocycles. The van der Waals surface area contributed by atoms with Gasteiger partial charge < -0.3 is 9.64 Å². The molecule has 0 spiro atoms. The van der Waals surface area contributed by atoms with Gasteiger partial charge in [-0.05, 0) is 18.9 Å². The van der Waals surface area contributed by atoms with Crippen LogP contribution in [0.15, 0.2) is 17.0 Å². The van der Waals surface area contributed by atoms with Crippen molar-refractivity contribution >= 4 is 33.2 Å². The third-order valence-electron chi connectivity index (χ3n) is 4.72. The molecule has 1 saturated carbocycles. The number of benzene rings is 1. The predicted octanol–water partition coefficient (Wildman–Crippen LogP) is 3.09. The number of carbonyl (C=O) groups is 1. The normalized spacial score (nSPS) is 19.0. The lowest BCUT2D eigenvalue weighted by atomic mass is 10.1. The summed E-state index contributed by atoms with van der Waals surface area (Å²) in [5.41, 5.74) is 0.511. The van der Waals surface area contributed by atoms with E-state index in [0.29, 0.717) is 24.6 Å². The number of hydrogen-bond donors (Lipinski definition) is 1. The number of fused-ring (bicyclic) bond motifs is 1. The Morgan fingerprint density at radius 1 is 1.24 bits per heavy atom. The number of ether oxygens (including phenoxy) is 1. The van der Waals surface area contributed by atoms with Crippen LogP contribution in [0.4, 0.5) is 5.69 Å². The first kappa shape index (κ1) is 18.5. The van der Waals surface area contributed by atoms with E-state index in [4.69, 9.17) is 16.3 Å². The van der Waals surface area contributed by atoms with Crippen molar-refractivity contribution in [3.63, 3.8) is 0 Å². The Bertz CT molecular complexity index is 758. The summed E-state index contributed by atoms with van der Waals surface area (Å²) in [6.07, 6.45) is 6.04. The summed E-state index contributed by atoms with van der Waals surface area (Å²) in [6, 6.07) is 2.86. The van der Waals surface area contributed by atoms with Gasteiger partial charge >= 0.3 is 0 Å². The minimum atomic E-state index is -3.74. The van der Waals surface area contributed by atoms with Crippen molar-refractivity contribution in [3.8, 4) is 5.75 Å². The molecule has 8 heteroatoms. The highest BCUT2D eigenvalue weighted by atomic mass is 35.5. The Hall–Kier alpha value is -1.31. The Labute approximate surface area is 153 Å². The van der Waals surface area contributed by atoms with Gasteiger partial charge in [0, 0.05) is 19.0 Å². The number of carbonyl (C=O) groups excluding carboxylic acids is 1. The maximum atomic E-state index is 12.8. The number of sulfonamides is 1. The average molecular weight is 387 g/mol. The van der Waals surface area contributed by atoms with Crippen LogP contribution in [0.3, 0.4) is 0 Å². The van der Waals surface area contributed by atoms with E-state index in [2.05, 4.69) is 4.72 Å². The van der Waals surface area contributed by atoms with Crippen molar-refractivity contribution in [1.29, 1.82) is 0 Å². The number of nitrogens with one attached hydrogen (secondary N) is 1. The molecule has 0 radical (unpaired) electrons. The summed E-state index contributed by atoms with van der Waals surface area (Å²) in [7, 11) is -3.74. The van der Waals surface area contributed by atoms with Gasteiger partial charge in [-0.15, -0.1) is 0 Å². The van der Waals surface area contributed by atoms with E-state index in [1.807, 2.05) is 0 Å². The molecule has 0 unspecified atom stereocenters. The standard InChI is InChI=1S/C17H23ClN2O4S/c1-12(21)20-8-9-24-16-11-17(14(18)10-15(16)20)25(22,23)19-13-6-4-2-3-5-7-13/h10-11,13,19H,2-9H2,1H3. The first-order valence-electron chi connectivity index (χ1n) is 8.65. The molecule has 1 aromatic carbocycles. The molecule has 1 N–H and O–H groups in total. The van der Waals surface area contributed by atoms with Crippen LogP contribution in [0.2, 0.25) is 5.02 Å². The summed E-state index contributed by atoms with van der Waals surface area (Å²) >= 11 is 6.25. The van der Waals surface area contributed by atoms with Gasteiger partial charge in [0.05, 0.1) is 17.3 Å². The summed E-state index contributed by atoms with van der Waals surface area (Å²) in [4.78, 5) is 13.3. The summed E-state index contributed by atoms with van der Waals surface area (Å²) < 4.78 is 34.0. The Morgan fingerprint density at radius 2 is 1.92 bits per heavy atom. The van der Waals surface area contributed by atoms with Crippen LogP contribution in [-0.2, 0) is 14.8 Å². The number of nitrogens with zero attached hydrogens (tertiary/aromatic N) is 1. The molecule has 2 aliphatic rings. The smallest absolute Gasteiger partial charge is 0.242 e. The maximum Gasteiger partial charge on any atom is 0.242 e. The monoisotopic (exact) mass is 386 g/mol. The number of amides is 1. The highest BCUT2D eigenvalue weighted by Gasteiger charge is 2.28. The van der Waals surface area contributed by atoms with Gasteiger partial charge in [0.1, 0.15) is 17.3 Å². The first-order chi connectivity index (χ1) is 11.9. The van der Waals surface area contributed by atoms with Gasteiger partial charge in [-0.1, -0.05) is 37.3 Å². The number of hydrogen-bond acceptors (Lipinski definition) is 4. The van der Waals surface area contributed by atoms with E-state index < -0.39 is 10.0 Å². The van der Waals surface area contributed by atoms with Crippen LogP contribution in [0.1, 0.15) is 45.4 Å². The molecule has 1 heterocycles. The van der Waals surface area contributed by atoms with E-state index in [9.17, 15) is 13.2 Å². The minimum absolute atomic E-state index is 0.00238. The molecule has 6 nitrogen and oxygen atoms in total.